The van der Waals surface area contributed by atoms with Crippen molar-refractivity contribution < 1.29 is 8.42 Å². The number of aromatic nitrogens is 3. The highest BCUT2D eigenvalue weighted by molar-refractivity contribution is 7.90. The van der Waals surface area contributed by atoms with Gasteiger partial charge in [0.2, 0.25) is 0 Å². The molecule has 27 heavy (non-hydrogen) atoms. The first kappa shape index (κ1) is 17.9. The average Bonchev–Trinajstić information content (AvgIpc) is 3.11. The summed E-state index contributed by atoms with van der Waals surface area (Å²) in [4.78, 5) is 11.4. The summed E-state index contributed by atoms with van der Waals surface area (Å²) in [7, 11) is -3.16. The minimum absolute atomic E-state index is 0.411. The van der Waals surface area contributed by atoms with Crippen molar-refractivity contribution >= 4 is 9.84 Å². The number of benzene rings is 1. The molecule has 6 nitrogen and oxygen atoms in total. The molecule has 0 spiro atoms. The summed E-state index contributed by atoms with van der Waals surface area (Å²) in [6.45, 7) is 2.70. The first-order valence-electron chi connectivity index (χ1n) is 8.96. The lowest BCUT2D eigenvalue weighted by Crippen LogP contribution is -2.26. The van der Waals surface area contributed by atoms with Gasteiger partial charge in [-0.05, 0) is 47.7 Å². The molecule has 0 fully saturated rings. The molecule has 0 radical (unpaired) electrons. The van der Waals surface area contributed by atoms with Crippen molar-refractivity contribution in [2.75, 3.05) is 19.3 Å². The van der Waals surface area contributed by atoms with Crippen LogP contribution in [0, 0.1) is 0 Å². The van der Waals surface area contributed by atoms with Gasteiger partial charge in [0.05, 0.1) is 4.90 Å². The molecule has 0 amide bonds. The van der Waals surface area contributed by atoms with E-state index in [4.69, 9.17) is 0 Å². The lowest BCUT2D eigenvalue weighted by molar-refractivity contribution is 0.279. The van der Waals surface area contributed by atoms with Crippen LogP contribution in [0.5, 0.6) is 0 Å². The van der Waals surface area contributed by atoms with Crippen LogP contribution in [-0.2, 0) is 29.2 Å². The summed E-state index contributed by atoms with van der Waals surface area (Å²) in [5.74, 6) is 0.854. The molecule has 3 aromatic rings. The molecule has 0 unspecified atom stereocenters. The molecule has 1 aliphatic heterocycles. The molecule has 0 saturated carbocycles. The predicted octanol–water partition coefficient (Wildman–Crippen LogP) is 2.27. The standard InChI is InChI=1S/C20H22N4O2S/c1-27(25,26)19-4-3-17-6-9-23(10-7-18(17)12-19)14-16-2-5-20(22-13-16)24-11-8-21-15-24/h2-5,8,11-13,15H,6-7,9-10,14H2,1H3. The average molecular weight is 382 g/mol. The third-order valence-electron chi connectivity index (χ3n) is 4.98. The minimum atomic E-state index is -3.16. The molecule has 2 aromatic heterocycles. The van der Waals surface area contributed by atoms with Gasteiger partial charge in [0.25, 0.3) is 0 Å². The number of hydrogen-bond acceptors (Lipinski definition) is 5. The summed E-state index contributed by atoms with van der Waals surface area (Å²) < 4.78 is 25.5. The molecule has 0 saturated heterocycles. The van der Waals surface area contributed by atoms with E-state index in [1.807, 2.05) is 35.2 Å². The van der Waals surface area contributed by atoms with Crippen molar-refractivity contribution in [3.05, 3.63) is 71.9 Å². The summed E-state index contributed by atoms with van der Waals surface area (Å²) in [6.07, 6.45) is 10.3. The summed E-state index contributed by atoms with van der Waals surface area (Å²) in [5, 5.41) is 0. The van der Waals surface area contributed by atoms with Gasteiger partial charge in [0, 0.05) is 44.5 Å². The zero-order valence-electron chi connectivity index (χ0n) is 15.2. The molecular formula is C20H22N4O2S. The van der Waals surface area contributed by atoms with Crippen LogP contribution in [0.3, 0.4) is 0 Å². The van der Waals surface area contributed by atoms with Crippen LogP contribution in [0.1, 0.15) is 16.7 Å². The van der Waals surface area contributed by atoms with Crippen molar-refractivity contribution in [1.29, 1.82) is 0 Å². The first-order chi connectivity index (χ1) is 13.0. The quantitative estimate of drug-likeness (QED) is 0.692. The van der Waals surface area contributed by atoms with E-state index in [2.05, 4.69) is 20.9 Å². The van der Waals surface area contributed by atoms with Gasteiger partial charge in [0.1, 0.15) is 12.1 Å². The molecule has 0 aliphatic carbocycles. The van der Waals surface area contributed by atoms with Crippen LogP contribution in [-0.4, -0.2) is 47.2 Å². The van der Waals surface area contributed by atoms with Crippen LogP contribution < -0.4 is 0 Å². The second kappa shape index (κ2) is 7.25. The number of pyridine rings is 1. The third kappa shape index (κ3) is 4.09. The van der Waals surface area contributed by atoms with E-state index in [0.29, 0.717) is 4.90 Å². The Morgan fingerprint density at radius 2 is 1.89 bits per heavy atom. The van der Waals surface area contributed by atoms with Crippen LogP contribution in [0.15, 0.2) is 60.1 Å². The van der Waals surface area contributed by atoms with Crippen LogP contribution >= 0.6 is 0 Å². The van der Waals surface area contributed by atoms with Crippen LogP contribution in [0.4, 0.5) is 0 Å². The molecule has 7 heteroatoms. The Balaban J connectivity index is 1.44. The molecule has 140 valence electrons. The second-order valence-corrected chi connectivity index (χ2v) is 8.99. The van der Waals surface area contributed by atoms with Gasteiger partial charge in [-0.3, -0.25) is 9.47 Å². The van der Waals surface area contributed by atoms with Crippen LogP contribution in [0.2, 0.25) is 0 Å². The molecule has 0 bridgehead atoms. The van der Waals surface area contributed by atoms with Crippen molar-refractivity contribution in [2.45, 2.75) is 24.3 Å². The van der Waals surface area contributed by atoms with Gasteiger partial charge in [-0.25, -0.2) is 18.4 Å². The van der Waals surface area contributed by atoms with Crippen molar-refractivity contribution in [1.82, 2.24) is 19.4 Å². The predicted molar refractivity (Wildman–Crippen MR) is 104 cm³/mol. The maximum Gasteiger partial charge on any atom is 0.175 e. The largest absolute Gasteiger partial charge is 0.298 e. The zero-order valence-corrected chi connectivity index (χ0v) is 16.1. The lowest BCUT2D eigenvalue weighted by atomic mass is 10.0. The number of sulfone groups is 1. The van der Waals surface area contributed by atoms with Gasteiger partial charge in [0.15, 0.2) is 9.84 Å². The fourth-order valence-corrected chi connectivity index (χ4v) is 4.12. The highest BCUT2D eigenvalue weighted by atomic mass is 32.2. The molecule has 4 rings (SSSR count). The summed E-state index contributed by atoms with van der Waals surface area (Å²) in [5.41, 5.74) is 3.56. The summed E-state index contributed by atoms with van der Waals surface area (Å²) in [6, 6.07) is 9.64. The Morgan fingerprint density at radius 1 is 1.07 bits per heavy atom. The number of imidazole rings is 1. The molecule has 0 atom stereocenters. The van der Waals surface area contributed by atoms with Crippen LogP contribution in [0.25, 0.3) is 5.82 Å². The first-order valence-corrected chi connectivity index (χ1v) is 10.9. The molecular weight excluding hydrogens is 360 g/mol. The molecule has 1 aliphatic rings. The van der Waals surface area contributed by atoms with E-state index in [-0.39, 0.29) is 0 Å². The monoisotopic (exact) mass is 382 g/mol. The minimum Gasteiger partial charge on any atom is -0.298 e. The zero-order chi connectivity index (χ0) is 18.9. The van der Waals surface area contributed by atoms with E-state index in [0.717, 1.165) is 43.9 Å². The highest BCUT2D eigenvalue weighted by Gasteiger charge is 2.17. The maximum absolute atomic E-state index is 11.8. The molecule has 0 N–H and O–H groups in total. The molecule has 1 aromatic carbocycles. The van der Waals surface area contributed by atoms with Gasteiger partial charge in [-0.15, -0.1) is 0 Å². The van der Waals surface area contributed by atoms with E-state index >= 15 is 0 Å². The Bertz CT molecular complexity index is 1030. The second-order valence-electron chi connectivity index (χ2n) is 6.97. The van der Waals surface area contributed by atoms with E-state index < -0.39 is 9.84 Å². The normalized spacial score (nSPS) is 15.3. The number of nitrogens with zero attached hydrogens (tertiary/aromatic N) is 4. The highest BCUT2D eigenvalue weighted by Crippen LogP contribution is 2.21. The molecule has 3 heterocycles. The van der Waals surface area contributed by atoms with E-state index in [1.54, 1.807) is 18.6 Å². The Morgan fingerprint density at radius 3 is 2.56 bits per heavy atom. The number of rotatable bonds is 4. The fourth-order valence-electron chi connectivity index (χ4n) is 3.45. The number of fused-ring (bicyclic) bond motifs is 1. The lowest BCUT2D eigenvalue weighted by Gasteiger charge is -2.19. The SMILES string of the molecule is CS(=O)(=O)c1ccc2c(c1)CCN(Cc1ccc(-n3ccnc3)nc1)CC2. The fraction of sp³-hybridized carbons (Fsp3) is 0.300. The van der Waals surface area contributed by atoms with Crippen molar-refractivity contribution in [2.24, 2.45) is 0 Å². The van der Waals surface area contributed by atoms with Gasteiger partial charge >= 0.3 is 0 Å². The smallest absolute Gasteiger partial charge is 0.175 e. The van der Waals surface area contributed by atoms with E-state index in [9.17, 15) is 8.42 Å². The van der Waals surface area contributed by atoms with Gasteiger partial charge < -0.3 is 0 Å². The topological polar surface area (TPSA) is 68.1 Å². The van der Waals surface area contributed by atoms with Crippen molar-refractivity contribution in [3.8, 4) is 5.82 Å². The third-order valence-corrected chi connectivity index (χ3v) is 6.10. The van der Waals surface area contributed by atoms with Gasteiger partial charge in [-0.2, -0.15) is 0 Å². The Kier molecular flexibility index (Phi) is 4.80. The van der Waals surface area contributed by atoms with E-state index in [1.165, 1.54) is 17.4 Å². The van der Waals surface area contributed by atoms with Crippen molar-refractivity contribution in [3.63, 3.8) is 0 Å². The summed E-state index contributed by atoms with van der Waals surface area (Å²) >= 11 is 0. The Labute approximate surface area is 159 Å². The number of hydrogen-bond donors (Lipinski definition) is 0. The Hall–Kier alpha value is -2.51. The maximum atomic E-state index is 11.8. The van der Waals surface area contributed by atoms with Gasteiger partial charge in [-0.1, -0.05) is 12.1 Å².